The van der Waals surface area contributed by atoms with Gasteiger partial charge in [0.25, 0.3) is 0 Å². The van der Waals surface area contributed by atoms with Crippen molar-refractivity contribution >= 4 is 33.3 Å². The molecule has 35 heavy (non-hydrogen) atoms. The van der Waals surface area contributed by atoms with Gasteiger partial charge in [0, 0.05) is 0 Å². The summed E-state index contributed by atoms with van der Waals surface area (Å²) in [6, 6.07) is 7.65. The third kappa shape index (κ3) is 4.94. The first-order chi connectivity index (χ1) is 16.5. The number of fused-ring (bicyclic) bond motifs is 2. The summed E-state index contributed by atoms with van der Waals surface area (Å²) in [5.74, 6) is -0.0383. The highest BCUT2D eigenvalue weighted by atomic mass is 32.1. The molecule has 1 aliphatic heterocycles. The molecule has 11 heteroatoms. The number of para-hydroxylation sites is 1. The van der Waals surface area contributed by atoms with Gasteiger partial charge in [0.1, 0.15) is 23.5 Å². The normalized spacial score (nSPS) is 25.7. The number of halogens is 3. The molecule has 0 amide bonds. The van der Waals surface area contributed by atoms with Crippen molar-refractivity contribution in [1.29, 1.82) is 0 Å². The maximum absolute atomic E-state index is 12.9. The quantitative estimate of drug-likeness (QED) is 0.439. The number of rotatable bonds is 6. The molecule has 3 aromatic rings. The topological polar surface area (TPSA) is 81.2 Å². The summed E-state index contributed by atoms with van der Waals surface area (Å²) in [7, 11) is 0. The Balaban J connectivity index is 1.53. The van der Waals surface area contributed by atoms with Gasteiger partial charge in [0.2, 0.25) is 5.95 Å². The number of thiazole rings is 1. The van der Waals surface area contributed by atoms with Crippen LogP contribution in [0.3, 0.4) is 0 Å². The third-order valence-corrected chi connectivity index (χ3v) is 7.53. The molecule has 2 N–H and O–H groups in total. The van der Waals surface area contributed by atoms with Crippen molar-refractivity contribution in [3.63, 3.8) is 0 Å². The van der Waals surface area contributed by atoms with Crippen LogP contribution in [0.15, 0.2) is 24.3 Å². The van der Waals surface area contributed by atoms with Gasteiger partial charge in [-0.3, -0.25) is 0 Å². The van der Waals surface area contributed by atoms with E-state index < -0.39 is 18.5 Å². The second-order valence-electron chi connectivity index (χ2n) is 9.53. The predicted molar refractivity (Wildman–Crippen MR) is 130 cm³/mol. The van der Waals surface area contributed by atoms with Crippen LogP contribution in [0, 0.1) is 12.8 Å². The zero-order valence-electron chi connectivity index (χ0n) is 19.9. The highest BCUT2D eigenvalue weighted by molar-refractivity contribution is 7.21. The molecule has 2 aromatic heterocycles. The zero-order chi connectivity index (χ0) is 25.0. The summed E-state index contributed by atoms with van der Waals surface area (Å²) >= 11 is 1.50. The summed E-state index contributed by atoms with van der Waals surface area (Å²) in [6.45, 7) is 6.46. The van der Waals surface area contributed by atoms with Gasteiger partial charge in [-0.2, -0.15) is 18.2 Å². The summed E-state index contributed by atoms with van der Waals surface area (Å²) in [5.41, 5.74) is 2.06. The van der Waals surface area contributed by atoms with Crippen molar-refractivity contribution < 1.29 is 22.6 Å². The van der Waals surface area contributed by atoms with E-state index in [1.807, 2.05) is 38.1 Å². The largest absolute Gasteiger partial charge is 0.405 e. The van der Waals surface area contributed by atoms with E-state index in [4.69, 9.17) is 14.5 Å². The van der Waals surface area contributed by atoms with Crippen LogP contribution in [0.25, 0.3) is 20.8 Å². The van der Waals surface area contributed by atoms with Crippen molar-refractivity contribution in [3.8, 4) is 10.6 Å². The molecule has 1 unspecified atom stereocenters. The average Bonchev–Trinajstić information content (AvgIpc) is 3.42. The zero-order valence-corrected chi connectivity index (χ0v) is 20.8. The summed E-state index contributed by atoms with van der Waals surface area (Å²) in [6.07, 6.45) is -2.89. The molecular weight excluding hydrogens is 479 g/mol. The van der Waals surface area contributed by atoms with Crippen molar-refractivity contribution in [2.45, 2.75) is 70.7 Å². The maximum Gasteiger partial charge on any atom is 0.405 e. The molecule has 4 atom stereocenters. The van der Waals surface area contributed by atoms with Crippen molar-refractivity contribution in [2.24, 2.45) is 5.92 Å². The SMILES string of the molecule is CC[C@H]1CC(Nc2nc(NCC(F)(F)F)nc(C)c2-c2nc3ccccc3s2)[C@@H]2OC(C)(C)O[C@H]12. The highest BCUT2D eigenvalue weighted by Gasteiger charge is 2.53. The van der Waals surface area contributed by atoms with E-state index in [0.717, 1.165) is 23.1 Å². The maximum atomic E-state index is 12.9. The molecule has 0 radical (unpaired) electrons. The van der Waals surface area contributed by atoms with Crippen LogP contribution in [0.4, 0.5) is 24.9 Å². The second-order valence-corrected chi connectivity index (χ2v) is 10.6. The number of alkyl halides is 3. The minimum absolute atomic E-state index is 0.0517. The lowest BCUT2D eigenvalue weighted by molar-refractivity contribution is -0.157. The monoisotopic (exact) mass is 507 g/mol. The first-order valence-corrected chi connectivity index (χ1v) is 12.5. The molecule has 0 bridgehead atoms. The predicted octanol–water partition coefficient (Wildman–Crippen LogP) is 5.77. The number of nitrogens with one attached hydrogen (secondary N) is 2. The first kappa shape index (κ1) is 24.2. The van der Waals surface area contributed by atoms with Gasteiger partial charge in [-0.25, -0.2) is 9.97 Å². The van der Waals surface area contributed by atoms with Gasteiger partial charge in [-0.1, -0.05) is 25.5 Å². The van der Waals surface area contributed by atoms with Gasteiger partial charge in [-0.15, -0.1) is 11.3 Å². The van der Waals surface area contributed by atoms with E-state index in [-0.39, 0.29) is 24.2 Å². The highest BCUT2D eigenvalue weighted by Crippen LogP contribution is 2.45. The Morgan fingerprint density at radius 3 is 2.57 bits per heavy atom. The van der Waals surface area contributed by atoms with E-state index in [9.17, 15) is 13.2 Å². The Hall–Kier alpha value is -2.50. The fourth-order valence-electron chi connectivity index (χ4n) is 4.97. The summed E-state index contributed by atoms with van der Waals surface area (Å²) in [4.78, 5) is 13.6. The Labute approximate surface area is 205 Å². The van der Waals surface area contributed by atoms with Crippen LogP contribution >= 0.6 is 11.3 Å². The van der Waals surface area contributed by atoms with Crippen LogP contribution < -0.4 is 10.6 Å². The average molecular weight is 508 g/mol. The molecule has 1 aromatic carbocycles. The molecule has 2 aliphatic rings. The van der Waals surface area contributed by atoms with Crippen molar-refractivity contribution in [3.05, 3.63) is 30.0 Å². The molecule has 7 nitrogen and oxygen atoms in total. The van der Waals surface area contributed by atoms with Crippen LogP contribution in [0.1, 0.15) is 39.3 Å². The Morgan fingerprint density at radius 1 is 1.11 bits per heavy atom. The van der Waals surface area contributed by atoms with Gasteiger partial charge < -0.3 is 20.1 Å². The molecule has 1 aliphatic carbocycles. The number of anilines is 2. The lowest BCUT2D eigenvalue weighted by Crippen LogP contribution is -2.35. The van der Waals surface area contributed by atoms with Crippen LogP contribution in [-0.2, 0) is 9.47 Å². The second kappa shape index (κ2) is 8.86. The molecule has 5 rings (SSSR count). The van der Waals surface area contributed by atoms with Gasteiger partial charge in [0.15, 0.2) is 5.79 Å². The van der Waals surface area contributed by atoms with Crippen LogP contribution in [0.5, 0.6) is 0 Å². The molecular formula is C24H28F3N5O2S. The smallest absolute Gasteiger partial charge is 0.364 e. The minimum Gasteiger partial charge on any atom is -0.364 e. The Bertz CT molecular complexity index is 1200. The number of ether oxygens (including phenoxy) is 2. The minimum atomic E-state index is -4.38. The van der Waals surface area contributed by atoms with Gasteiger partial charge >= 0.3 is 6.18 Å². The number of hydrogen-bond acceptors (Lipinski definition) is 8. The van der Waals surface area contributed by atoms with Gasteiger partial charge in [0.05, 0.1) is 33.6 Å². The molecule has 1 saturated carbocycles. The number of aryl methyl sites for hydroxylation is 1. The van der Waals surface area contributed by atoms with Crippen molar-refractivity contribution in [1.82, 2.24) is 15.0 Å². The lowest BCUT2D eigenvalue weighted by atomic mass is 10.0. The number of hydrogen-bond donors (Lipinski definition) is 2. The van der Waals surface area contributed by atoms with Crippen molar-refractivity contribution in [2.75, 3.05) is 17.2 Å². The van der Waals surface area contributed by atoms with Crippen LogP contribution in [0.2, 0.25) is 0 Å². The number of benzene rings is 1. The lowest BCUT2D eigenvalue weighted by Gasteiger charge is -2.25. The summed E-state index contributed by atoms with van der Waals surface area (Å²) in [5, 5.41) is 6.52. The summed E-state index contributed by atoms with van der Waals surface area (Å²) < 4.78 is 52.0. The number of aromatic nitrogens is 3. The van der Waals surface area contributed by atoms with E-state index in [1.165, 1.54) is 11.3 Å². The molecule has 0 spiro atoms. The van der Waals surface area contributed by atoms with E-state index in [2.05, 4.69) is 27.5 Å². The fourth-order valence-corrected chi connectivity index (χ4v) is 6.04. The third-order valence-electron chi connectivity index (χ3n) is 6.47. The number of nitrogens with zero attached hydrogens (tertiary/aromatic N) is 3. The van der Waals surface area contributed by atoms with E-state index in [1.54, 1.807) is 6.92 Å². The molecule has 1 saturated heterocycles. The molecule has 188 valence electrons. The van der Waals surface area contributed by atoms with Crippen LogP contribution in [-0.4, -0.2) is 51.7 Å². The Morgan fingerprint density at radius 2 is 1.86 bits per heavy atom. The molecule has 3 heterocycles. The Kier molecular flexibility index (Phi) is 6.13. The standard InChI is InChI=1S/C24H28F3N5O2S/c1-5-13-10-15(19-18(13)33-23(3,4)34-19)30-20-17(21-31-14-8-6-7-9-16(14)35-21)12(2)29-22(32-20)28-11-24(25,26)27/h6-9,13,15,18-19H,5,10-11H2,1-4H3,(H2,28,29,30,32)/t13-,15?,18+,19-/m0/s1. The molecule has 2 fully saturated rings. The van der Waals surface area contributed by atoms with Gasteiger partial charge in [-0.05, 0) is 45.2 Å². The fraction of sp³-hybridized carbons (Fsp3) is 0.542. The van der Waals surface area contributed by atoms with E-state index >= 15 is 0 Å². The van der Waals surface area contributed by atoms with E-state index in [0.29, 0.717) is 28.0 Å². The first-order valence-electron chi connectivity index (χ1n) is 11.7.